The van der Waals surface area contributed by atoms with E-state index in [4.69, 9.17) is 9.47 Å². The molecule has 0 atom stereocenters. The van der Waals surface area contributed by atoms with E-state index in [1.54, 1.807) is 13.2 Å². The number of methoxy groups -OCH3 is 1. The molecule has 1 saturated carbocycles. The van der Waals surface area contributed by atoms with Crippen LogP contribution in [0.5, 0.6) is 5.75 Å². The molecule has 1 N–H and O–H groups in total. The van der Waals surface area contributed by atoms with Gasteiger partial charge in [0, 0.05) is 19.2 Å². The summed E-state index contributed by atoms with van der Waals surface area (Å²) in [4.78, 5) is 11.7. The van der Waals surface area contributed by atoms with Gasteiger partial charge in [-0.25, -0.2) is 0 Å². The summed E-state index contributed by atoms with van der Waals surface area (Å²) in [6.07, 6.45) is 8.04. The Bertz CT molecular complexity index is 447. The largest absolute Gasteiger partial charge is 0.468 e. The van der Waals surface area contributed by atoms with E-state index in [2.05, 4.69) is 5.32 Å². The predicted octanol–water partition coefficient (Wildman–Crippen LogP) is 2.74. The highest BCUT2D eigenvalue weighted by Crippen LogP contribution is 2.17. The third-order valence-electron chi connectivity index (χ3n) is 3.35. The van der Waals surface area contributed by atoms with Crippen molar-refractivity contribution >= 4 is 12.0 Å². The summed E-state index contributed by atoms with van der Waals surface area (Å²) in [5.74, 6) is 0.732. The highest BCUT2D eigenvalue weighted by molar-refractivity contribution is 5.91. The maximum atomic E-state index is 11.7. The van der Waals surface area contributed by atoms with Crippen LogP contribution in [0, 0.1) is 0 Å². The van der Waals surface area contributed by atoms with Crippen LogP contribution in [0.1, 0.15) is 31.2 Å². The third kappa shape index (κ3) is 4.70. The van der Waals surface area contributed by atoms with Gasteiger partial charge in [-0.1, -0.05) is 25.0 Å². The summed E-state index contributed by atoms with van der Waals surface area (Å²) in [7, 11) is 1.58. The van der Waals surface area contributed by atoms with Gasteiger partial charge in [0.15, 0.2) is 6.79 Å². The van der Waals surface area contributed by atoms with E-state index in [0.29, 0.717) is 6.04 Å². The molecule has 1 aromatic rings. The number of hydrogen-bond acceptors (Lipinski definition) is 3. The van der Waals surface area contributed by atoms with E-state index in [-0.39, 0.29) is 12.7 Å². The number of hydrogen-bond donors (Lipinski definition) is 1. The number of carbonyl (C=O) groups excluding carboxylic acids is 1. The van der Waals surface area contributed by atoms with Crippen molar-refractivity contribution in [2.45, 2.75) is 31.7 Å². The molecule has 1 fully saturated rings. The number of rotatable bonds is 6. The minimum Gasteiger partial charge on any atom is -0.468 e. The molecule has 4 nitrogen and oxygen atoms in total. The molecular formula is C16H21NO3. The van der Waals surface area contributed by atoms with Crippen LogP contribution in [0.15, 0.2) is 30.3 Å². The quantitative estimate of drug-likeness (QED) is 0.641. The van der Waals surface area contributed by atoms with E-state index < -0.39 is 0 Å². The van der Waals surface area contributed by atoms with Crippen LogP contribution in [0.3, 0.4) is 0 Å². The fourth-order valence-corrected chi connectivity index (χ4v) is 2.29. The summed E-state index contributed by atoms with van der Waals surface area (Å²) >= 11 is 0. The Balaban J connectivity index is 1.82. The Kier molecular flexibility index (Phi) is 5.62. The van der Waals surface area contributed by atoms with Crippen LogP contribution in [0.4, 0.5) is 0 Å². The van der Waals surface area contributed by atoms with E-state index in [0.717, 1.165) is 24.2 Å². The van der Waals surface area contributed by atoms with Crippen LogP contribution in [-0.4, -0.2) is 25.9 Å². The van der Waals surface area contributed by atoms with Gasteiger partial charge in [-0.15, -0.1) is 0 Å². The molecule has 1 aliphatic carbocycles. The summed E-state index contributed by atoms with van der Waals surface area (Å²) in [5.41, 5.74) is 0.969. The molecule has 4 heteroatoms. The third-order valence-corrected chi connectivity index (χ3v) is 3.35. The van der Waals surface area contributed by atoms with Gasteiger partial charge in [-0.2, -0.15) is 0 Å². The monoisotopic (exact) mass is 275 g/mol. The Morgan fingerprint density at radius 3 is 2.65 bits per heavy atom. The van der Waals surface area contributed by atoms with Crippen molar-refractivity contribution in [1.29, 1.82) is 0 Å². The molecule has 0 saturated heterocycles. The van der Waals surface area contributed by atoms with Crippen molar-refractivity contribution in [1.82, 2.24) is 5.32 Å². The van der Waals surface area contributed by atoms with Crippen LogP contribution in [0.25, 0.3) is 6.08 Å². The molecule has 1 aromatic carbocycles. The summed E-state index contributed by atoms with van der Waals surface area (Å²) < 4.78 is 10.1. The second-order valence-electron chi connectivity index (χ2n) is 4.94. The molecule has 0 unspecified atom stereocenters. The molecule has 0 bridgehead atoms. The van der Waals surface area contributed by atoms with Gasteiger partial charge in [-0.3, -0.25) is 4.79 Å². The van der Waals surface area contributed by atoms with Gasteiger partial charge in [0.2, 0.25) is 5.91 Å². The predicted molar refractivity (Wildman–Crippen MR) is 78.4 cm³/mol. The minimum atomic E-state index is -0.0170. The lowest BCUT2D eigenvalue weighted by molar-refractivity contribution is -0.117. The van der Waals surface area contributed by atoms with Gasteiger partial charge in [-0.05, 0) is 36.6 Å². The lowest BCUT2D eigenvalue weighted by atomic mass is 10.2. The molecule has 108 valence electrons. The molecule has 0 radical (unpaired) electrons. The molecule has 0 aliphatic heterocycles. The van der Waals surface area contributed by atoms with Crippen molar-refractivity contribution in [3.05, 3.63) is 35.9 Å². The fourth-order valence-electron chi connectivity index (χ4n) is 2.29. The highest BCUT2D eigenvalue weighted by atomic mass is 16.7. The van der Waals surface area contributed by atoms with Crippen molar-refractivity contribution in [2.75, 3.05) is 13.9 Å². The molecule has 0 heterocycles. The van der Waals surface area contributed by atoms with Gasteiger partial charge in [0.05, 0.1) is 0 Å². The van der Waals surface area contributed by atoms with Crippen molar-refractivity contribution in [2.24, 2.45) is 0 Å². The zero-order valence-electron chi connectivity index (χ0n) is 11.8. The second-order valence-corrected chi connectivity index (χ2v) is 4.94. The van der Waals surface area contributed by atoms with Crippen LogP contribution in [0.2, 0.25) is 0 Å². The summed E-state index contributed by atoms with van der Waals surface area (Å²) in [6, 6.07) is 7.88. The first-order valence-corrected chi connectivity index (χ1v) is 6.98. The topological polar surface area (TPSA) is 47.6 Å². The van der Waals surface area contributed by atoms with E-state index in [9.17, 15) is 4.79 Å². The first-order chi connectivity index (χ1) is 9.78. The van der Waals surface area contributed by atoms with Crippen LogP contribution < -0.4 is 10.1 Å². The number of nitrogens with one attached hydrogen (secondary N) is 1. The Morgan fingerprint density at radius 1 is 1.30 bits per heavy atom. The Morgan fingerprint density at radius 2 is 2.00 bits per heavy atom. The van der Waals surface area contributed by atoms with E-state index >= 15 is 0 Å². The summed E-state index contributed by atoms with van der Waals surface area (Å²) in [6.45, 7) is 0.235. The van der Waals surface area contributed by atoms with Crippen molar-refractivity contribution in [3.63, 3.8) is 0 Å². The van der Waals surface area contributed by atoms with Gasteiger partial charge >= 0.3 is 0 Å². The summed E-state index contributed by atoms with van der Waals surface area (Å²) in [5, 5.41) is 3.02. The van der Waals surface area contributed by atoms with Crippen LogP contribution in [-0.2, 0) is 9.53 Å². The second kappa shape index (κ2) is 7.70. The molecule has 1 aliphatic rings. The smallest absolute Gasteiger partial charge is 0.244 e. The Labute approximate surface area is 119 Å². The van der Waals surface area contributed by atoms with Crippen molar-refractivity contribution < 1.29 is 14.3 Å². The lowest BCUT2D eigenvalue weighted by Gasteiger charge is -2.09. The lowest BCUT2D eigenvalue weighted by Crippen LogP contribution is -2.30. The van der Waals surface area contributed by atoms with E-state index in [1.165, 1.54) is 12.8 Å². The molecule has 20 heavy (non-hydrogen) atoms. The minimum absolute atomic E-state index is 0.0170. The highest BCUT2D eigenvalue weighted by Gasteiger charge is 2.15. The first-order valence-electron chi connectivity index (χ1n) is 6.98. The van der Waals surface area contributed by atoms with Gasteiger partial charge in [0.25, 0.3) is 0 Å². The van der Waals surface area contributed by atoms with E-state index in [1.807, 2.05) is 30.3 Å². The van der Waals surface area contributed by atoms with Gasteiger partial charge < -0.3 is 14.8 Å². The van der Waals surface area contributed by atoms with Gasteiger partial charge in [0.1, 0.15) is 5.75 Å². The molecule has 0 spiro atoms. The molecular weight excluding hydrogens is 254 g/mol. The average Bonchev–Trinajstić information content (AvgIpc) is 2.97. The van der Waals surface area contributed by atoms with Crippen LogP contribution >= 0.6 is 0 Å². The maximum absolute atomic E-state index is 11.7. The first kappa shape index (κ1) is 14.6. The molecule has 0 aromatic heterocycles. The Hall–Kier alpha value is -1.81. The maximum Gasteiger partial charge on any atom is 0.244 e. The SMILES string of the molecule is COCOc1ccc(/C=C/C(=O)NC2CCCC2)cc1. The molecule has 1 amide bonds. The van der Waals surface area contributed by atoms with Crippen molar-refractivity contribution in [3.8, 4) is 5.75 Å². The molecule has 2 rings (SSSR count). The zero-order chi connectivity index (χ0) is 14.2. The number of benzene rings is 1. The number of carbonyl (C=O) groups is 1. The number of amides is 1. The average molecular weight is 275 g/mol. The zero-order valence-corrected chi connectivity index (χ0v) is 11.8. The standard InChI is InChI=1S/C16H21NO3/c1-19-12-20-15-9-6-13(7-10-15)8-11-16(18)17-14-4-2-3-5-14/h6-11,14H,2-5,12H2,1H3,(H,17,18)/b11-8+. The normalized spacial score (nSPS) is 15.7. The number of ether oxygens (including phenoxy) is 2. The fraction of sp³-hybridized carbons (Fsp3) is 0.438.